The Morgan fingerprint density at radius 3 is 2.74 bits per heavy atom. The standard InChI is InChI=1S/C18H14BrClO2S/c1-22-18(21)13-6-12-7-15(9-17(19)16(12)8-13)23-10-11-2-4-14(20)5-3-11/h2-5,7-9H,6,10H2,1H3. The first kappa shape index (κ1) is 16.6. The molecule has 0 bridgehead atoms. The SMILES string of the molecule is COC(=O)C1=Cc2c(Br)cc(SCc3ccc(Cl)cc3)cc2C1. The van der Waals surface area contributed by atoms with E-state index in [9.17, 15) is 4.79 Å². The van der Waals surface area contributed by atoms with Crippen molar-refractivity contribution in [3.05, 3.63) is 68.2 Å². The van der Waals surface area contributed by atoms with Gasteiger partial charge in [-0.3, -0.25) is 0 Å². The Labute approximate surface area is 153 Å². The third-order valence-corrected chi connectivity index (χ3v) is 5.61. The number of thioether (sulfide) groups is 1. The summed E-state index contributed by atoms with van der Waals surface area (Å²) in [5.41, 5.74) is 4.15. The summed E-state index contributed by atoms with van der Waals surface area (Å²) in [5.74, 6) is 0.614. The number of carbonyl (C=O) groups excluding carboxylic acids is 1. The number of fused-ring (bicyclic) bond motifs is 1. The van der Waals surface area contributed by atoms with Gasteiger partial charge in [-0.25, -0.2) is 4.79 Å². The average molecular weight is 410 g/mol. The quantitative estimate of drug-likeness (QED) is 0.492. The lowest BCUT2D eigenvalue weighted by Crippen LogP contribution is -2.03. The Hall–Kier alpha value is -1.23. The lowest BCUT2D eigenvalue weighted by Gasteiger charge is -2.07. The molecule has 0 fully saturated rings. The third-order valence-electron chi connectivity index (χ3n) is 3.65. The topological polar surface area (TPSA) is 26.3 Å². The van der Waals surface area contributed by atoms with E-state index in [1.54, 1.807) is 11.8 Å². The number of carbonyl (C=O) groups is 1. The molecule has 0 N–H and O–H groups in total. The van der Waals surface area contributed by atoms with Crippen molar-refractivity contribution in [3.8, 4) is 0 Å². The monoisotopic (exact) mass is 408 g/mol. The van der Waals surface area contributed by atoms with Crippen LogP contribution in [0, 0.1) is 0 Å². The molecule has 0 saturated carbocycles. The summed E-state index contributed by atoms with van der Waals surface area (Å²) in [4.78, 5) is 12.9. The minimum absolute atomic E-state index is 0.261. The molecule has 23 heavy (non-hydrogen) atoms. The van der Waals surface area contributed by atoms with Gasteiger partial charge in [0.15, 0.2) is 0 Å². The van der Waals surface area contributed by atoms with Crippen LogP contribution in [-0.2, 0) is 21.7 Å². The zero-order valence-corrected chi connectivity index (χ0v) is 15.6. The fourth-order valence-electron chi connectivity index (χ4n) is 2.48. The van der Waals surface area contributed by atoms with Gasteiger partial charge in [0.1, 0.15) is 0 Å². The number of esters is 1. The van der Waals surface area contributed by atoms with E-state index in [1.165, 1.54) is 17.6 Å². The number of benzene rings is 2. The van der Waals surface area contributed by atoms with Gasteiger partial charge >= 0.3 is 5.97 Å². The second-order valence-electron chi connectivity index (χ2n) is 5.23. The molecule has 5 heteroatoms. The minimum Gasteiger partial charge on any atom is -0.466 e. The van der Waals surface area contributed by atoms with Crippen LogP contribution in [0.5, 0.6) is 0 Å². The Balaban J connectivity index is 1.74. The van der Waals surface area contributed by atoms with E-state index >= 15 is 0 Å². The summed E-state index contributed by atoms with van der Waals surface area (Å²) in [6.45, 7) is 0. The highest BCUT2D eigenvalue weighted by Gasteiger charge is 2.21. The van der Waals surface area contributed by atoms with Crippen molar-refractivity contribution < 1.29 is 9.53 Å². The summed E-state index contributed by atoms with van der Waals surface area (Å²) >= 11 is 11.3. The molecule has 1 aliphatic carbocycles. The highest BCUT2D eigenvalue weighted by Crippen LogP contribution is 2.36. The molecule has 2 aromatic rings. The van der Waals surface area contributed by atoms with E-state index in [1.807, 2.05) is 30.3 Å². The number of rotatable bonds is 4. The molecule has 2 nitrogen and oxygen atoms in total. The summed E-state index contributed by atoms with van der Waals surface area (Å²) in [6.07, 6.45) is 2.52. The van der Waals surface area contributed by atoms with Crippen molar-refractivity contribution in [1.82, 2.24) is 0 Å². The number of methoxy groups -OCH3 is 1. The molecule has 0 heterocycles. The van der Waals surface area contributed by atoms with Gasteiger partial charge in [0.25, 0.3) is 0 Å². The number of ether oxygens (including phenoxy) is 1. The average Bonchev–Trinajstić information content (AvgIpc) is 2.98. The second-order valence-corrected chi connectivity index (χ2v) is 7.57. The van der Waals surface area contributed by atoms with Gasteiger partial charge in [-0.2, -0.15) is 0 Å². The van der Waals surface area contributed by atoms with Crippen LogP contribution >= 0.6 is 39.3 Å². The summed E-state index contributed by atoms with van der Waals surface area (Å²) in [6, 6.07) is 12.1. The van der Waals surface area contributed by atoms with E-state index in [4.69, 9.17) is 16.3 Å². The number of hydrogen-bond donors (Lipinski definition) is 0. The van der Waals surface area contributed by atoms with E-state index in [0.717, 1.165) is 26.4 Å². The second kappa shape index (κ2) is 7.12. The first-order valence-electron chi connectivity index (χ1n) is 7.05. The summed E-state index contributed by atoms with van der Waals surface area (Å²) in [5, 5.41) is 0.750. The lowest BCUT2D eigenvalue weighted by atomic mass is 10.1. The van der Waals surface area contributed by atoms with Crippen molar-refractivity contribution in [3.63, 3.8) is 0 Å². The van der Waals surface area contributed by atoms with Crippen molar-refractivity contribution in [2.24, 2.45) is 0 Å². The Bertz CT molecular complexity index is 784. The molecule has 0 aromatic heterocycles. The molecule has 0 atom stereocenters. The van der Waals surface area contributed by atoms with Crippen LogP contribution in [0.1, 0.15) is 16.7 Å². The predicted molar refractivity (Wildman–Crippen MR) is 98.9 cm³/mol. The molecule has 3 rings (SSSR count). The van der Waals surface area contributed by atoms with Gasteiger partial charge in [0.2, 0.25) is 0 Å². The molecule has 0 aliphatic heterocycles. The van der Waals surface area contributed by atoms with Crippen molar-refractivity contribution in [1.29, 1.82) is 0 Å². The molecule has 0 radical (unpaired) electrons. The van der Waals surface area contributed by atoms with Gasteiger partial charge in [-0.05, 0) is 47.0 Å². The fourth-order valence-corrected chi connectivity index (χ4v) is 4.32. The maximum atomic E-state index is 11.7. The van der Waals surface area contributed by atoms with Gasteiger partial charge in [-0.1, -0.05) is 39.7 Å². The van der Waals surface area contributed by atoms with Crippen LogP contribution in [0.3, 0.4) is 0 Å². The van der Waals surface area contributed by atoms with Crippen LogP contribution in [0.25, 0.3) is 6.08 Å². The van der Waals surface area contributed by atoms with Crippen LogP contribution in [0.2, 0.25) is 5.02 Å². The molecular formula is C18H14BrClO2S. The molecule has 2 aromatic carbocycles. The minimum atomic E-state index is -0.261. The normalized spacial score (nSPS) is 12.7. The number of halogens is 2. The Morgan fingerprint density at radius 2 is 2.04 bits per heavy atom. The molecule has 0 amide bonds. The van der Waals surface area contributed by atoms with Crippen LogP contribution in [0.15, 0.2) is 51.3 Å². The first-order chi connectivity index (χ1) is 11.1. The Kier molecular flexibility index (Phi) is 5.14. The molecule has 0 unspecified atom stereocenters. The van der Waals surface area contributed by atoms with Crippen molar-refractivity contribution in [2.45, 2.75) is 17.1 Å². The lowest BCUT2D eigenvalue weighted by molar-refractivity contribution is -0.136. The molecule has 118 valence electrons. The van der Waals surface area contributed by atoms with E-state index in [2.05, 4.69) is 28.1 Å². The maximum absolute atomic E-state index is 11.7. The van der Waals surface area contributed by atoms with Crippen molar-refractivity contribution >= 4 is 51.3 Å². The van der Waals surface area contributed by atoms with E-state index in [0.29, 0.717) is 12.0 Å². The largest absolute Gasteiger partial charge is 0.466 e. The molecule has 0 spiro atoms. The highest BCUT2D eigenvalue weighted by molar-refractivity contribution is 9.10. The predicted octanol–water partition coefficient (Wildman–Crippen LogP) is 5.51. The van der Waals surface area contributed by atoms with E-state index < -0.39 is 0 Å². The van der Waals surface area contributed by atoms with Crippen LogP contribution < -0.4 is 0 Å². The summed E-state index contributed by atoms with van der Waals surface area (Å²) < 4.78 is 5.82. The van der Waals surface area contributed by atoms with Gasteiger partial charge in [0, 0.05) is 32.1 Å². The Morgan fingerprint density at radius 1 is 1.30 bits per heavy atom. The smallest absolute Gasteiger partial charge is 0.334 e. The zero-order chi connectivity index (χ0) is 16.4. The molecule has 0 saturated heterocycles. The van der Waals surface area contributed by atoms with Gasteiger partial charge in [-0.15, -0.1) is 11.8 Å². The number of hydrogen-bond acceptors (Lipinski definition) is 3. The van der Waals surface area contributed by atoms with Gasteiger partial charge < -0.3 is 4.74 Å². The highest BCUT2D eigenvalue weighted by atomic mass is 79.9. The zero-order valence-electron chi connectivity index (χ0n) is 12.4. The third kappa shape index (κ3) is 3.82. The van der Waals surface area contributed by atoms with Gasteiger partial charge in [0.05, 0.1) is 7.11 Å². The molecular weight excluding hydrogens is 396 g/mol. The van der Waals surface area contributed by atoms with Crippen molar-refractivity contribution in [2.75, 3.05) is 7.11 Å². The first-order valence-corrected chi connectivity index (χ1v) is 9.21. The molecule has 1 aliphatic rings. The summed E-state index contributed by atoms with van der Waals surface area (Å²) in [7, 11) is 1.41. The maximum Gasteiger partial charge on any atom is 0.334 e. The van der Waals surface area contributed by atoms with Crippen LogP contribution in [0.4, 0.5) is 0 Å². The van der Waals surface area contributed by atoms with Crippen LogP contribution in [-0.4, -0.2) is 13.1 Å². The fraction of sp³-hybridized carbons (Fsp3) is 0.167. The van der Waals surface area contributed by atoms with E-state index in [-0.39, 0.29) is 5.97 Å².